The fourth-order valence-corrected chi connectivity index (χ4v) is 2.65. The molecule has 1 nitrogen and oxygen atoms in total. The third-order valence-electron chi connectivity index (χ3n) is 1.48. The highest BCUT2D eigenvalue weighted by atomic mass is 28.3. The average molecular weight is 156 g/mol. The van der Waals surface area contributed by atoms with Crippen molar-refractivity contribution >= 4 is 9.04 Å². The van der Waals surface area contributed by atoms with E-state index in [4.69, 9.17) is 4.43 Å². The van der Waals surface area contributed by atoms with E-state index < -0.39 is 9.04 Å². The second kappa shape index (κ2) is 6.77. The molecule has 0 radical (unpaired) electrons. The Bertz CT molecular complexity index is 87.3. The van der Waals surface area contributed by atoms with Gasteiger partial charge in [-0.3, -0.25) is 0 Å². The Morgan fingerprint density at radius 1 is 1.30 bits per heavy atom. The summed E-state index contributed by atoms with van der Waals surface area (Å²) < 4.78 is 5.45. The molecule has 0 aromatic carbocycles. The van der Waals surface area contributed by atoms with Gasteiger partial charge in [0.1, 0.15) is 0 Å². The molecule has 0 amide bonds. The topological polar surface area (TPSA) is 9.23 Å². The maximum absolute atomic E-state index is 5.45. The number of rotatable bonds is 1. The van der Waals surface area contributed by atoms with Gasteiger partial charge in [-0.2, -0.15) is 0 Å². The Kier molecular flexibility index (Phi) is 6.54. The standard InChI is InChI=1S/C6H12OSi.C2H4/c1-2-8-6-4-3-5-7-8;1-2/h2,8H,1,3-6H2;1-2H2. The Balaban J connectivity index is 0.000000371. The van der Waals surface area contributed by atoms with Crippen LogP contribution in [0.3, 0.4) is 0 Å². The van der Waals surface area contributed by atoms with E-state index in [0.29, 0.717) is 0 Å². The maximum atomic E-state index is 5.45. The second-order valence-corrected chi connectivity index (χ2v) is 4.60. The van der Waals surface area contributed by atoms with Crippen molar-refractivity contribution in [1.82, 2.24) is 0 Å². The Morgan fingerprint density at radius 2 is 2.00 bits per heavy atom. The highest BCUT2D eigenvalue weighted by molar-refractivity contribution is 6.57. The number of hydrogen-bond acceptors (Lipinski definition) is 1. The van der Waals surface area contributed by atoms with Crippen molar-refractivity contribution in [3.63, 3.8) is 0 Å². The molecule has 1 aliphatic rings. The van der Waals surface area contributed by atoms with Crippen LogP contribution >= 0.6 is 0 Å². The van der Waals surface area contributed by atoms with Crippen LogP contribution in [0.15, 0.2) is 25.4 Å². The SMILES string of the molecule is C=C.C=C[SiH]1CCCCO1. The number of hydrogen-bond donors (Lipinski definition) is 0. The van der Waals surface area contributed by atoms with E-state index in [1.807, 2.05) is 5.70 Å². The zero-order valence-electron chi connectivity index (χ0n) is 6.51. The predicted molar refractivity (Wildman–Crippen MR) is 48.6 cm³/mol. The quantitative estimate of drug-likeness (QED) is 0.417. The molecule has 0 N–H and O–H groups in total. The molecule has 0 aromatic rings. The van der Waals surface area contributed by atoms with Gasteiger partial charge in [0.25, 0.3) is 0 Å². The van der Waals surface area contributed by atoms with Gasteiger partial charge in [-0.05, 0) is 12.5 Å². The van der Waals surface area contributed by atoms with E-state index in [1.165, 1.54) is 18.9 Å². The summed E-state index contributed by atoms with van der Waals surface area (Å²) >= 11 is 0. The summed E-state index contributed by atoms with van der Waals surface area (Å²) in [5, 5.41) is 0. The molecule has 10 heavy (non-hydrogen) atoms. The van der Waals surface area contributed by atoms with Gasteiger partial charge in [0.05, 0.1) is 0 Å². The zero-order chi connectivity index (χ0) is 7.82. The van der Waals surface area contributed by atoms with Crippen molar-refractivity contribution in [3.05, 3.63) is 25.4 Å². The lowest BCUT2D eigenvalue weighted by Gasteiger charge is -2.16. The normalized spacial score (nSPS) is 24.2. The molecule has 0 saturated carbocycles. The van der Waals surface area contributed by atoms with Crippen molar-refractivity contribution in [3.8, 4) is 0 Å². The molecule has 0 aromatic heterocycles. The third-order valence-corrected chi connectivity index (χ3v) is 3.64. The molecule has 0 aliphatic carbocycles. The minimum absolute atomic E-state index is 0.841. The van der Waals surface area contributed by atoms with Gasteiger partial charge in [-0.25, -0.2) is 0 Å². The van der Waals surface area contributed by atoms with Crippen molar-refractivity contribution < 1.29 is 4.43 Å². The smallest absolute Gasteiger partial charge is 0.200 e. The van der Waals surface area contributed by atoms with Crippen LogP contribution in [0.1, 0.15) is 12.8 Å². The fraction of sp³-hybridized carbons (Fsp3) is 0.500. The summed E-state index contributed by atoms with van der Waals surface area (Å²) in [6.45, 7) is 10.7. The van der Waals surface area contributed by atoms with Gasteiger partial charge in [0, 0.05) is 6.61 Å². The average Bonchev–Trinajstić information content (AvgIpc) is 2.10. The molecule has 1 rings (SSSR count). The van der Waals surface area contributed by atoms with Gasteiger partial charge in [-0.15, -0.1) is 19.7 Å². The minimum Gasteiger partial charge on any atom is -0.416 e. The van der Waals surface area contributed by atoms with E-state index in [-0.39, 0.29) is 0 Å². The molecule has 0 bridgehead atoms. The molecule has 1 fully saturated rings. The predicted octanol–water partition coefficient (Wildman–Crippen LogP) is 2.05. The molecule has 0 spiro atoms. The zero-order valence-corrected chi connectivity index (χ0v) is 7.67. The molecular formula is C8H16OSi. The van der Waals surface area contributed by atoms with Crippen LogP contribution in [0, 0.1) is 0 Å². The highest BCUT2D eigenvalue weighted by Gasteiger charge is 2.10. The summed E-state index contributed by atoms with van der Waals surface area (Å²) in [6.07, 6.45) is 2.63. The summed E-state index contributed by atoms with van der Waals surface area (Å²) in [6, 6.07) is 1.31. The largest absolute Gasteiger partial charge is 0.416 e. The minimum atomic E-state index is -0.841. The van der Waals surface area contributed by atoms with Crippen LogP contribution in [0.4, 0.5) is 0 Å². The van der Waals surface area contributed by atoms with E-state index in [0.717, 1.165) is 6.61 Å². The van der Waals surface area contributed by atoms with E-state index in [9.17, 15) is 0 Å². The molecular weight excluding hydrogens is 140 g/mol. The molecule has 2 heteroatoms. The summed E-state index contributed by atoms with van der Waals surface area (Å²) in [7, 11) is -0.841. The molecule has 1 atom stereocenters. The van der Waals surface area contributed by atoms with Crippen LogP contribution in [-0.2, 0) is 4.43 Å². The van der Waals surface area contributed by atoms with Crippen molar-refractivity contribution in [2.75, 3.05) is 6.61 Å². The first-order chi connectivity index (χ1) is 4.93. The van der Waals surface area contributed by atoms with Crippen LogP contribution in [-0.4, -0.2) is 15.6 Å². The van der Waals surface area contributed by atoms with Crippen molar-refractivity contribution in [1.29, 1.82) is 0 Å². The van der Waals surface area contributed by atoms with Crippen molar-refractivity contribution in [2.24, 2.45) is 0 Å². The highest BCUT2D eigenvalue weighted by Crippen LogP contribution is 2.10. The monoisotopic (exact) mass is 156 g/mol. The first kappa shape index (κ1) is 9.66. The summed E-state index contributed by atoms with van der Waals surface area (Å²) in [5.74, 6) is 0. The molecule has 1 unspecified atom stereocenters. The lowest BCUT2D eigenvalue weighted by atomic mass is 10.4. The Hall–Kier alpha value is -0.343. The summed E-state index contributed by atoms with van der Waals surface area (Å²) in [4.78, 5) is 0. The van der Waals surface area contributed by atoms with Crippen LogP contribution < -0.4 is 0 Å². The van der Waals surface area contributed by atoms with Gasteiger partial charge in [0.2, 0.25) is 9.04 Å². The lowest BCUT2D eigenvalue weighted by molar-refractivity contribution is 0.294. The van der Waals surface area contributed by atoms with E-state index in [1.54, 1.807) is 0 Å². The molecule has 1 heterocycles. The van der Waals surface area contributed by atoms with Gasteiger partial charge in [-0.1, -0.05) is 12.1 Å². The lowest BCUT2D eigenvalue weighted by Crippen LogP contribution is -2.20. The Morgan fingerprint density at radius 3 is 2.30 bits per heavy atom. The molecule has 1 aliphatic heterocycles. The molecule has 1 saturated heterocycles. The van der Waals surface area contributed by atoms with E-state index >= 15 is 0 Å². The van der Waals surface area contributed by atoms with Crippen LogP contribution in [0.2, 0.25) is 6.04 Å². The van der Waals surface area contributed by atoms with Gasteiger partial charge in [0.15, 0.2) is 0 Å². The third kappa shape index (κ3) is 3.64. The first-order valence-corrected chi connectivity index (χ1v) is 5.63. The van der Waals surface area contributed by atoms with E-state index in [2.05, 4.69) is 19.7 Å². The van der Waals surface area contributed by atoms with Crippen LogP contribution in [0.5, 0.6) is 0 Å². The van der Waals surface area contributed by atoms with Gasteiger partial charge < -0.3 is 4.43 Å². The summed E-state index contributed by atoms with van der Waals surface area (Å²) in [5.41, 5.74) is 2.03. The first-order valence-electron chi connectivity index (χ1n) is 3.67. The molecule has 58 valence electrons. The van der Waals surface area contributed by atoms with Crippen molar-refractivity contribution in [2.45, 2.75) is 18.9 Å². The second-order valence-electron chi connectivity index (χ2n) is 2.14. The Labute approximate surface area is 65.1 Å². The maximum Gasteiger partial charge on any atom is 0.200 e. The fourth-order valence-electron chi connectivity index (χ4n) is 0.952. The van der Waals surface area contributed by atoms with Gasteiger partial charge >= 0.3 is 0 Å². The van der Waals surface area contributed by atoms with Crippen LogP contribution in [0.25, 0.3) is 0 Å².